The average molecular weight is 219 g/mol. The highest BCUT2D eigenvalue weighted by Crippen LogP contribution is 1.96. The molecular weight excluding hydrogens is 210 g/mol. The van der Waals surface area contributed by atoms with Crippen LogP contribution in [-0.4, -0.2) is 16.0 Å². The molecule has 0 aliphatic heterocycles. The second-order valence-corrected chi connectivity index (χ2v) is 3.12. The normalized spacial score (nSPS) is 10.0. The minimum atomic E-state index is -0.325. The number of nitrogens with zero attached hydrogens (tertiary/aromatic N) is 1. The van der Waals surface area contributed by atoms with Gasteiger partial charge in [0.25, 0.3) is 5.91 Å². The SMILES string of the molecule is O=C(NCc1ccon1)c1cc[nH]c(=O)c1. The van der Waals surface area contributed by atoms with Gasteiger partial charge in [-0.3, -0.25) is 9.59 Å². The van der Waals surface area contributed by atoms with Gasteiger partial charge in [0, 0.05) is 23.9 Å². The van der Waals surface area contributed by atoms with Gasteiger partial charge in [-0.25, -0.2) is 0 Å². The van der Waals surface area contributed by atoms with Crippen molar-refractivity contribution in [2.24, 2.45) is 0 Å². The number of hydrogen-bond donors (Lipinski definition) is 2. The van der Waals surface area contributed by atoms with Gasteiger partial charge in [0.1, 0.15) is 12.0 Å². The second-order valence-electron chi connectivity index (χ2n) is 3.12. The van der Waals surface area contributed by atoms with Crippen molar-refractivity contribution >= 4 is 5.91 Å². The van der Waals surface area contributed by atoms with Gasteiger partial charge in [-0.15, -0.1) is 0 Å². The maximum atomic E-state index is 11.6. The Labute approximate surface area is 90.3 Å². The van der Waals surface area contributed by atoms with Crippen molar-refractivity contribution in [3.63, 3.8) is 0 Å². The Bertz CT molecular complexity index is 530. The molecule has 0 bridgehead atoms. The maximum absolute atomic E-state index is 11.6. The summed E-state index contributed by atoms with van der Waals surface area (Å²) >= 11 is 0. The Balaban J connectivity index is 2.01. The molecule has 0 fully saturated rings. The number of amides is 1. The predicted octanol–water partition coefficient (Wildman–Crippen LogP) is 0.293. The molecule has 0 aromatic carbocycles. The molecule has 0 saturated heterocycles. The lowest BCUT2D eigenvalue weighted by Crippen LogP contribution is -2.24. The molecule has 0 aliphatic rings. The number of carbonyl (C=O) groups is 1. The number of aromatic amines is 1. The third-order valence-electron chi connectivity index (χ3n) is 1.96. The summed E-state index contributed by atoms with van der Waals surface area (Å²) in [6, 6.07) is 4.41. The molecule has 1 amide bonds. The van der Waals surface area contributed by atoms with Crippen LogP contribution in [0.2, 0.25) is 0 Å². The van der Waals surface area contributed by atoms with Crippen LogP contribution in [0.4, 0.5) is 0 Å². The fourth-order valence-electron chi connectivity index (χ4n) is 1.19. The molecule has 0 atom stereocenters. The number of nitrogens with one attached hydrogen (secondary N) is 2. The van der Waals surface area contributed by atoms with E-state index in [9.17, 15) is 9.59 Å². The van der Waals surface area contributed by atoms with Crippen LogP contribution >= 0.6 is 0 Å². The summed E-state index contributed by atoms with van der Waals surface area (Å²) < 4.78 is 4.62. The topological polar surface area (TPSA) is 88.0 Å². The fraction of sp³-hybridized carbons (Fsp3) is 0.100. The number of H-pyrrole nitrogens is 1. The van der Waals surface area contributed by atoms with Crippen LogP contribution in [0.1, 0.15) is 16.1 Å². The van der Waals surface area contributed by atoms with Crippen LogP contribution in [-0.2, 0) is 6.54 Å². The summed E-state index contributed by atoms with van der Waals surface area (Å²) in [5, 5.41) is 6.26. The van der Waals surface area contributed by atoms with E-state index in [-0.39, 0.29) is 18.0 Å². The van der Waals surface area contributed by atoms with Gasteiger partial charge in [0.15, 0.2) is 0 Å². The lowest BCUT2D eigenvalue weighted by Gasteiger charge is -2.01. The molecule has 82 valence electrons. The standard InChI is InChI=1S/C10H9N3O3/c14-9-5-7(1-3-11-9)10(15)12-6-8-2-4-16-13-8/h1-5H,6H2,(H,11,14)(H,12,15). The van der Waals surface area contributed by atoms with Gasteiger partial charge in [-0.1, -0.05) is 5.16 Å². The quantitative estimate of drug-likeness (QED) is 0.776. The Morgan fingerprint density at radius 1 is 1.50 bits per heavy atom. The van der Waals surface area contributed by atoms with E-state index in [4.69, 9.17) is 0 Å². The molecular formula is C10H9N3O3. The lowest BCUT2D eigenvalue weighted by molar-refractivity contribution is 0.0950. The van der Waals surface area contributed by atoms with E-state index in [2.05, 4.69) is 20.0 Å². The molecule has 6 heteroatoms. The molecule has 0 radical (unpaired) electrons. The van der Waals surface area contributed by atoms with Gasteiger partial charge >= 0.3 is 0 Å². The number of hydrogen-bond acceptors (Lipinski definition) is 4. The van der Waals surface area contributed by atoms with Crippen LogP contribution in [0.3, 0.4) is 0 Å². The van der Waals surface area contributed by atoms with E-state index in [0.29, 0.717) is 11.3 Å². The molecule has 16 heavy (non-hydrogen) atoms. The summed E-state index contributed by atoms with van der Waals surface area (Å²) in [5.41, 5.74) is 0.625. The zero-order chi connectivity index (χ0) is 11.4. The van der Waals surface area contributed by atoms with Crippen LogP contribution in [0.15, 0.2) is 40.0 Å². The lowest BCUT2D eigenvalue weighted by atomic mass is 10.2. The molecule has 2 aromatic heterocycles. The summed E-state index contributed by atoms with van der Waals surface area (Å²) in [4.78, 5) is 25.0. The average Bonchev–Trinajstić information content (AvgIpc) is 2.78. The second kappa shape index (κ2) is 4.43. The van der Waals surface area contributed by atoms with E-state index in [1.807, 2.05) is 0 Å². The van der Waals surface area contributed by atoms with Crippen molar-refractivity contribution in [2.75, 3.05) is 0 Å². The molecule has 0 aliphatic carbocycles. The molecule has 0 spiro atoms. The van der Waals surface area contributed by atoms with Gasteiger partial charge in [0.05, 0.1) is 6.54 Å². The Hall–Kier alpha value is -2.37. The monoisotopic (exact) mass is 219 g/mol. The highest BCUT2D eigenvalue weighted by molar-refractivity contribution is 5.93. The van der Waals surface area contributed by atoms with Gasteiger partial charge in [-0.05, 0) is 6.07 Å². The Kier molecular flexibility index (Phi) is 2.81. The highest BCUT2D eigenvalue weighted by atomic mass is 16.5. The van der Waals surface area contributed by atoms with Crippen molar-refractivity contribution in [2.45, 2.75) is 6.54 Å². The van der Waals surface area contributed by atoms with Crippen molar-refractivity contribution in [1.29, 1.82) is 0 Å². The van der Waals surface area contributed by atoms with E-state index in [1.54, 1.807) is 6.07 Å². The Morgan fingerprint density at radius 2 is 2.38 bits per heavy atom. The van der Waals surface area contributed by atoms with Gasteiger partial charge < -0.3 is 14.8 Å². The minimum Gasteiger partial charge on any atom is -0.364 e. The van der Waals surface area contributed by atoms with Crippen LogP contribution in [0.25, 0.3) is 0 Å². The first-order chi connectivity index (χ1) is 7.75. The Morgan fingerprint density at radius 3 is 3.06 bits per heavy atom. The molecule has 2 aromatic rings. The fourth-order valence-corrected chi connectivity index (χ4v) is 1.19. The first kappa shape index (κ1) is 10.2. The summed E-state index contributed by atoms with van der Waals surface area (Å²) in [5.74, 6) is -0.325. The first-order valence-electron chi connectivity index (χ1n) is 4.62. The number of rotatable bonds is 3. The molecule has 0 saturated carbocycles. The summed E-state index contributed by atoms with van der Waals surface area (Å²) in [6.45, 7) is 0.266. The summed E-state index contributed by atoms with van der Waals surface area (Å²) in [6.07, 6.45) is 2.85. The number of pyridine rings is 1. The van der Waals surface area contributed by atoms with E-state index >= 15 is 0 Å². The minimum absolute atomic E-state index is 0.266. The highest BCUT2D eigenvalue weighted by Gasteiger charge is 2.06. The molecule has 0 unspecified atom stereocenters. The van der Waals surface area contributed by atoms with E-state index in [1.165, 1.54) is 24.6 Å². The zero-order valence-corrected chi connectivity index (χ0v) is 8.27. The van der Waals surface area contributed by atoms with Crippen LogP contribution in [0.5, 0.6) is 0 Å². The number of carbonyl (C=O) groups excluding carboxylic acids is 1. The first-order valence-corrected chi connectivity index (χ1v) is 4.62. The third kappa shape index (κ3) is 2.35. The van der Waals surface area contributed by atoms with Crippen molar-refractivity contribution < 1.29 is 9.32 Å². The largest absolute Gasteiger partial charge is 0.364 e. The smallest absolute Gasteiger partial charge is 0.251 e. The molecule has 2 N–H and O–H groups in total. The van der Waals surface area contributed by atoms with Crippen molar-refractivity contribution in [3.8, 4) is 0 Å². The summed E-state index contributed by atoms with van der Waals surface area (Å²) in [7, 11) is 0. The predicted molar refractivity (Wildman–Crippen MR) is 54.7 cm³/mol. The maximum Gasteiger partial charge on any atom is 0.251 e. The molecule has 2 rings (SSSR count). The van der Waals surface area contributed by atoms with Gasteiger partial charge in [-0.2, -0.15) is 0 Å². The van der Waals surface area contributed by atoms with Gasteiger partial charge in [0.2, 0.25) is 5.56 Å². The van der Waals surface area contributed by atoms with E-state index < -0.39 is 0 Å². The molecule has 6 nitrogen and oxygen atoms in total. The van der Waals surface area contributed by atoms with Crippen LogP contribution in [0, 0.1) is 0 Å². The number of aromatic nitrogens is 2. The zero-order valence-electron chi connectivity index (χ0n) is 8.27. The third-order valence-corrected chi connectivity index (χ3v) is 1.96. The molecule has 2 heterocycles. The van der Waals surface area contributed by atoms with Crippen molar-refractivity contribution in [3.05, 3.63) is 52.3 Å². The van der Waals surface area contributed by atoms with E-state index in [0.717, 1.165) is 0 Å². The van der Waals surface area contributed by atoms with Crippen LogP contribution < -0.4 is 10.9 Å². The van der Waals surface area contributed by atoms with Crippen molar-refractivity contribution in [1.82, 2.24) is 15.5 Å².